The van der Waals surface area contributed by atoms with Crippen LogP contribution in [0.1, 0.15) is 65.2 Å². The van der Waals surface area contributed by atoms with Crippen molar-refractivity contribution in [1.29, 1.82) is 0 Å². The molecule has 4 heteroatoms. The van der Waals surface area contributed by atoms with E-state index in [1.165, 1.54) is 39.2 Å². The summed E-state index contributed by atoms with van der Waals surface area (Å²) in [6.45, 7) is 3.83. The van der Waals surface area contributed by atoms with Gasteiger partial charge in [-0.2, -0.15) is 0 Å². The van der Waals surface area contributed by atoms with Crippen LogP contribution in [0.2, 0.25) is 0 Å². The fraction of sp³-hybridized carbons (Fsp3) is 0.857. The number of hydrogen-bond donors (Lipinski definition) is 1. The standard InChI is InChI=1S/C14H27NO3/c1-4-5-6-7-8-9-10-11-13(16)15-12(2)14(17)18-3/h12H,4-11H2,1-3H3,(H,15,16). The Labute approximate surface area is 110 Å². The molecule has 0 saturated carbocycles. The lowest BCUT2D eigenvalue weighted by Crippen LogP contribution is -2.38. The molecular weight excluding hydrogens is 230 g/mol. The van der Waals surface area contributed by atoms with Crippen molar-refractivity contribution in [3.05, 3.63) is 0 Å². The first-order valence-electron chi connectivity index (χ1n) is 6.99. The van der Waals surface area contributed by atoms with Gasteiger partial charge in [-0.25, -0.2) is 4.79 Å². The van der Waals surface area contributed by atoms with E-state index < -0.39 is 12.0 Å². The Bertz CT molecular complexity index is 241. The molecule has 0 aliphatic rings. The van der Waals surface area contributed by atoms with Gasteiger partial charge >= 0.3 is 5.97 Å². The van der Waals surface area contributed by atoms with Crippen LogP contribution in [-0.2, 0) is 14.3 Å². The predicted molar refractivity (Wildman–Crippen MR) is 72.2 cm³/mol. The van der Waals surface area contributed by atoms with E-state index in [2.05, 4.69) is 17.0 Å². The zero-order valence-electron chi connectivity index (χ0n) is 12.0. The summed E-state index contributed by atoms with van der Waals surface area (Å²) in [4.78, 5) is 22.6. The molecule has 1 N–H and O–H groups in total. The molecule has 0 aromatic rings. The zero-order chi connectivity index (χ0) is 13.8. The molecular formula is C14H27NO3. The number of methoxy groups -OCH3 is 1. The average molecular weight is 257 g/mol. The van der Waals surface area contributed by atoms with Crippen LogP contribution >= 0.6 is 0 Å². The molecule has 0 fully saturated rings. The van der Waals surface area contributed by atoms with Gasteiger partial charge in [0, 0.05) is 6.42 Å². The smallest absolute Gasteiger partial charge is 0.328 e. The summed E-state index contributed by atoms with van der Waals surface area (Å²) < 4.78 is 4.54. The minimum absolute atomic E-state index is 0.0681. The summed E-state index contributed by atoms with van der Waals surface area (Å²) in [6.07, 6.45) is 8.78. The first-order valence-corrected chi connectivity index (χ1v) is 6.99. The lowest BCUT2D eigenvalue weighted by atomic mass is 10.1. The summed E-state index contributed by atoms with van der Waals surface area (Å²) in [5, 5.41) is 2.63. The van der Waals surface area contributed by atoms with Crippen LogP contribution in [0.25, 0.3) is 0 Å². The fourth-order valence-corrected chi connectivity index (χ4v) is 1.79. The third-order valence-electron chi connectivity index (χ3n) is 2.94. The van der Waals surface area contributed by atoms with Crippen LogP contribution in [0.3, 0.4) is 0 Å². The number of carbonyl (C=O) groups excluding carboxylic acids is 2. The number of carbonyl (C=O) groups is 2. The second kappa shape index (κ2) is 11.1. The first kappa shape index (κ1) is 16.9. The highest BCUT2D eigenvalue weighted by Gasteiger charge is 2.14. The molecule has 0 saturated heterocycles. The Balaban J connectivity index is 3.45. The summed E-state index contributed by atoms with van der Waals surface area (Å²) >= 11 is 0. The number of ether oxygens (including phenoxy) is 1. The van der Waals surface area contributed by atoms with Crippen LogP contribution in [0.5, 0.6) is 0 Å². The van der Waals surface area contributed by atoms with E-state index in [4.69, 9.17) is 0 Å². The van der Waals surface area contributed by atoms with Gasteiger partial charge in [-0.1, -0.05) is 45.4 Å². The Morgan fingerprint density at radius 2 is 1.61 bits per heavy atom. The molecule has 1 unspecified atom stereocenters. The van der Waals surface area contributed by atoms with Crippen LogP contribution in [-0.4, -0.2) is 25.0 Å². The fourth-order valence-electron chi connectivity index (χ4n) is 1.79. The van der Waals surface area contributed by atoms with Gasteiger partial charge in [0.1, 0.15) is 6.04 Å². The molecule has 0 rings (SSSR count). The van der Waals surface area contributed by atoms with Crippen molar-refractivity contribution in [1.82, 2.24) is 5.32 Å². The average Bonchev–Trinajstić information content (AvgIpc) is 2.36. The van der Waals surface area contributed by atoms with E-state index in [9.17, 15) is 9.59 Å². The van der Waals surface area contributed by atoms with Gasteiger partial charge in [-0.3, -0.25) is 4.79 Å². The first-order chi connectivity index (χ1) is 8.61. The number of unbranched alkanes of at least 4 members (excludes halogenated alkanes) is 6. The minimum atomic E-state index is -0.549. The van der Waals surface area contributed by atoms with Crippen molar-refractivity contribution in [3.63, 3.8) is 0 Å². The maximum absolute atomic E-state index is 11.5. The minimum Gasteiger partial charge on any atom is -0.467 e. The number of nitrogens with one attached hydrogen (secondary N) is 1. The third-order valence-corrected chi connectivity index (χ3v) is 2.94. The monoisotopic (exact) mass is 257 g/mol. The topological polar surface area (TPSA) is 55.4 Å². The lowest BCUT2D eigenvalue weighted by molar-refractivity contribution is -0.144. The molecule has 0 bridgehead atoms. The van der Waals surface area contributed by atoms with Gasteiger partial charge in [-0.15, -0.1) is 0 Å². The number of hydrogen-bond acceptors (Lipinski definition) is 3. The molecule has 106 valence electrons. The highest BCUT2D eigenvalue weighted by Crippen LogP contribution is 2.08. The number of amides is 1. The van der Waals surface area contributed by atoms with Gasteiger partial charge in [0.15, 0.2) is 0 Å². The summed E-state index contributed by atoms with van der Waals surface area (Å²) in [6, 6.07) is -0.549. The normalized spacial score (nSPS) is 11.9. The van der Waals surface area contributed by atoms with Gasteiger partial charge in [0.2, 0.25) is 5.91 Å². The lowest BCUT2D eigenvalue weighted by Gasteiger charge is -2.11. The second-order valence-electron chi connectivity index (χ2n) is 4.68. The quantitative estimate of drug-likeness (QED) is 0.483. The van der Waals surface area contributed by atoms with E-state index in [0.717, 1.165) is 12.8 Å². The van der Waals surface area contributed by atoms with Crippen LogP contribution in [0.4, 0.5) is 0 Å². The Morgan fingerprint density at radius 3 is 2.17 bits per heavy atom. The van der Waals surface area contributed by atoms with Crippen molar-refractivity contribution in [2.24, 2.45) is 0 Å². The summed E-state index contributed by atoms with van der Waals surface area (Å²) in [5.41, 5.74) is 0. The predicted octanol–water partition coefficient (Wildman–Crippen LogP) is 2.80. The maximum atomic E-state index is 11.5. The molecule has 0 spiro atoms. The van der Waals surface area contributed by atoms with E-state index in [0.29, 0.717) is 6.42 Å². The van der Waals surface area contributed by atoms with Gasteiger partial charge in [0.25, 0.3) is 0 Å². The van der Waals surface area contributed by atoms with Gasteiger partial charge in [-0.05, 0) is 13.3 Å². The summed E-state index contributed by atoms with van der Waals surface area (Å²) in [7, 11) is 1.32. The van der Waals surface area contributed by atoms with Gasteiger partial charge in [0.05, 0.1) is 7.11 Å². The molecule has 4 nitrogen and oxygen atoms in total. The van der Waals surface area contributed by atoms with Gasteiger partial charge < -0.3 is 10.1 Å². The molecule has 0 aliphatic carbocycles. The van der Waals surface area contributed by atoms with Crippen LogP contribution < -0.4 is 5.32 Å². The molecule has 1 amide bonds. The molecule has 0 aromatic heterocycles. The highest BCUT2D eigenvalue weighted by molar-refractivity contribution is 5.83. The summed E-state index contributed by atoms with van der Waals surface area (Å²) in [5.74, 6) is -0.468. The van der Waals surface area contributed by atoms with Crippen LogP contribution in [0, 0.1) is 0 Å². The van der Waals surface area contributed by atoms with Crippen molar-refractivity contribution in [2.75, 3.05) is 7.11 Å². The molecule has 0 radical (unpaired) electrons. The van der Waals surface area contributed by atoms with Crippen molar-refractivity contribution in [3.8, 4) is 0 Å². The zero-order valence-corrected chi connectivity index (χ0v) is 12.0. The van der Waals surface area contributed by atoms with Crippen LogP contribution in [0.15, 0.2) is 0 Å². The van der Waals surface area contributed by atoms with E-state index >= 15 is 0 Å². The molecule has 0 heterocycles. The van der Waals surface area contributed by atoms with E-state index in [1.54, 1.807) is 6.92 Å². The Morgan fingerprint density at radius 1 is 1.06 bits per heavy atom. The Kier molecular flexibility index (Phi) is 10.4. The number of esters is 1. The second-order valence-corrected chi connectivity index (χ2v) is 4.68. The number of rotatable bonds is 10. The molecule has 1 atom stereocenters. The van der Waals surface area contributed by atoms with Crippen molar-refractivity contribution < 1.29 is 14.3 Å². The largest absolute Gasteiger partial charge is 0.467 e. The molecule has 0 aliphatic heterocycles. The van der Waals surface area contributed by atoms with Crippen molar-refractivity contribution >= 4 is 11.9 Å². The van der Waals surface area contributed by atoms with E-state index in [-0.39, 0.29) is 5.91 Å². The molecule has 18 heavy (non-hydrogen) atoms. The van der Waals surface area contributed by atoms with E-state index in [1.807, 2.05) is 0 Å². The maximum Gasteiger partial charge on any atom is 0.328 e. The molecule has 0 aromatic carbocycles. The van der Waals surface area contributed by atoms with Crippen molar-refractivity contribution in [2.45, 2.75) is 71.3 Å². The highest BCUT2D eigenvalue weighted by atomic mass is 16.5. The SMILES string of the molecule is CCCCCCCCCC(=O)NC(C)C(=O)OC. The third kappa shape index (κ3) is 9.02. The Hall–Kier alpha value is -1.06.